The van der Waals surface area contributed by atoms with E-state index in [2.05, 4.69) is 17.1 Å². The number of likely N-dealkylation sites (N-methyl/N-ethyl adjacent to an activating group) is 1. The van der Waals surface area contributed by atoms with Crippen LogP contribution in [0.2, 0.25) is 0 Å². The smallest absolute Gasteiger partial charge is 0.372 e. The van der Waals surface area contributed by atoms with E-state index in [1.54, 1.807) is 0 Å². The maximum absolute atomic E-state index is 13.8. The van der Waals surface area contributed by atoms with Crippen LogP contribution >= 0.6 is 12.2 Å². The fraction of sp³-hybridized carbons (Fsp3) is 0.345. The van der Waals surface area contributed by atoms with Gasteiger partial charge in [-0.1, -0.05) is 86.2 Å². The summed E-state index contributed by atoms with van der Waals surface area (Å²) < 4.78 is 6.51. The number of H-pyrrole nitrogens is 1. The normalized spacial score (nSPS) is 11.1. The first kappa shape index (κ1) is 27.2. The van der Waals surface area contributed by atoms with Crippen LogP contribution in [0.15, 0.2) is 62.6 Å². The first-order valence-electron chi connectivity index (χ1n) is 12.9. The predicted molar refractivity (Wildman–Crippen MR) is 154 cm³/mol. The molecule has 0 radical (unpaired) electrons. The number of aromatic nitrogens is 4. The average Bonchev–Trinajstić information content (AvgIpc) is 3.36. The summed E-state index contributed by atoms with van der Waals surface area (Å²) in [5, 5.41) is 3.84. The van der Waals surface area contributed by atoms with Gasteiger partial charge in [0.2, 0.25) is 0 Å². The van der Waals surface area contributed by atoms with E-state index in [0.717, 1.165) is 53.0 Å². The van der Waals surface area contributed by atoms with Gasteiger partial charge in [-0.05, 0) is 29.5 Å². The fourth-order valence-corrected chi connectivity index (χ4v) is 4.56. The average molecular weight is 532 g/mol. The molecule has 0 aliphatic carbocycles. The van der Waals surface area contributed by atoms with E-state index >= 15 is 0 Å². The third-order valence-corrected chi connectivity index (χ3v) is 7.08. The van der Waals surface area contributed by atoms with Crippen molar-refractivity contribution in [1.29, 1.82) is 0 Å². The maximum atomic E-state index is 13.8. The van der Waals surface area contributed by atoms with Gasteiger partial charge in [-0.15, -0.1) is 0 Å². The molecule has 2 aromatic heterocycles. The number of nitrogens with one attached hydrogen (secondary N) is 1. The summed E-state index contributed by atoms with van der Waals surface area (Å²) in [6.45, 7) is 4.59. The lowest BCUT2D eigenvalue weighted by Crippen LogP contribution is -2.33. The Morgan fingerprint density at radius 2 is 1.76 bits per heavy atom. The zero-order valence-corrected chi connectivity index (χ0v) is 23.1. The van der Waals surface area contributed by atoms with Gasteiger partial charge in [0.15, 0.2) is 5.82 Å². The summed E-state index contributed by atoms with van der Waals surface area (Å²) in [7, 11) is 3.80. The van der Waals surface area contributed by atoms with Crippen LogP contribution in [-0.4, -0.2) is 43.7 Å². The van der Waals surface area contributed by atoms with E-state index in [4.69, 9.17) is 21.7 Å². The summed E-state index contributed by atoms with van der Waals surface area (Å²) in [5.74, 6) is 0.604. The summed E-state index contributed by atoms with van der Waals surface area (Å²) in [4.78, 5) is 35.4. The molecule has 0 bridgehead atoms. The third kappa shape index (κ3) is 5.99. The Bertz CT molecular complexity index is 1530. The molecule has 0 saturated carbocycles. The Kier molecular flexibility index (Phi) is 8.68. The molecule has 4 aromatic rings. The Labute approximate surface area is 227 Å². The molecule has 0 spiro atoms. The Morgan fingerprint density at radius 1 is 1.05 bits per heavy atom. The van der Waals surface area contributed by atoms with Crippen LogP contribution in [0.4, 0.5) is 0 Å². The van der Waals surface area contributed by atoms with Crippen molar-refractivity contribution in [3.63, 3.8) is 0 Å². The lowest BCUT2D eigenvalue weighted by atomic mass is 9.98. The van der Waals surface area contributed by atoms with Crippen molar-refractivity contribution in [3.05, 3.63) is 92.1 Å². The van der Waals surface area contributed by atoms with Gasteiger partial charge in [0.05, 0.1) is 17.2 Å². The minimum atomic E-state index is -0.595. The zero-order chi connectivity index (χ0) is 27.2. The highest BCUT2D eigenvalue weighted by molar-refractivity contribution is 7.80. The summed E-state index contributed by atoms with van der Waals surface area (Å²) in [6, 6.07) is 15.7. The second kappa shape index (κ2) is 12.1. The highest BCUT2D eigenvalue weighted by Gasteiger charge is 2.18. The largest absolute Gasteiger partial charge is 0.439 e. The summed E-state index contributed by atoms with van der Waals surface area (Å²) in [5.41, 5.74) is 5.13. The third-order valence-electron chi connectivity index (χ3n) is 6.57. The van der Waals surface area contributed by atoms with Gasteiger partial charge in [-0.2, -0.15) is 0 Å². The van der Waals surface area contributed by atoms with Crippen LogP contribution < -0.4 is 11.3 Å². The van der Waals surface area contributed by atoms with Crippen molar-refractivity contribution in [1.82, 2.24) is 24.6 Å². The first-order chi connectivity index (χ1) is 18.3. The van der Waals surface area contributed by atoms with Gasteiger partial charge in [0.1, 0.15) is 5.82 Å². The number of thiocarbonyl (C=S) groups is 1. The molecule has 9 heteroatoms. The molecule has 2 aromatic carbocycles. The van der Waals surface area contributed by atoms with Crippen LogP contribution in [0.1, 0.15) is 49.3 Å². The molecule has 0 atom stereocenters. The minimum absolute atomic E-state index is 0.0171. The zero-order valence-electron chi connectivity index (χ0n) is 22.3. The lowest BCUT2D eigenvalue weighted by Gasteiger charge is -2.19. The molecule has 1 N–H and O–H groups in total. The molecule has 0 amide bonds. The number of hydrogen-bond acceptors (Lipinski definition) is 6. The van der Waals surface area contributed by atoms with Gasteiger partial charge >= 0.3 is 5.76 Å². The number of nitrogens with zero attached hydrogens (tertiary/aromatic N) is 4. The quantitative estimate of drug-likeness (QED) is 0.298. The number of unbranched alkanes of at least 4 members (excludes halogenated alkanes) is 1. The highest BCUT2D eigenvalue weighted by atomic mass is 32.1. The standard InChI is InChI=1S/C29H33N5O3S/c1-5-7-12-25-30-24(6-2)23(17-26(38)33(3)4)28(35)34(25)18-19-13-15-20(16-14-19)21-10-8-9-11-22(21)27-31-29(36)37-32-27/h8-11,13-16H,5-7,12,17-18H2,1-4H3,(H,31,32,36). The monoisotopic (exact) mass is 531 g/mol. The molecule has 0 aliphatic heterocycles. The van der Waals surface area contributed by atoms with Crippen LogP contribution in [-0.2, 0) is 25.8 Å². The van der Waals surface area contributed by atoms with Crippen LogP contribution in [0.5, 0.6) is 0 Å². The molecule has 4 rings (SSSR count). The van der Waals surface area contributed by atoms with Gasteiger partial charge < -0.3 is 4.90 Å². The molecule has 198 valence electrons. The highest BCUT2D eigenvalue weighted by Crippen LogP contribution is 2.30. The molecule has 2 heterocycles. The topological polar surface area (TPSA) is 97.0 Å². The number of hydrogen-bond donors (Lipinski definition) is 1. The van der Waals surface area contributed by atoms with Gasteiger partial charge in [-0.25, -0.2) is 9.78 Å². The van der Waals surface area contributed by atoms with Gasteiger partial charge in [-0.3, -0.25) is 18.9 Å². The van der Waals surface area contributed by atoms with Gasteiger partial charge in [0, 0.05) is 38.1 Å². The summed E-state index contributed by atoms with van der Waals surface area (Å²) >= 11 is 5.53. The van der Waals surface area contributed by atoms with Crippen molar-refractivity contribution in [2.24, 2.45) is 0 Å². The maximum Gasteiger partial charge on any atom is 0.439 e. The van der Waals surface area contributed by atoms with Crippen LogP contribution in [0.3, 0.4) is 0 Å². The SMILES string of the molecule is CCCCc1nc(CC)c(CC(=S)N(C)C)c(=O)n1Cc1ccc(-c2ccccc2-c2noc(=O)[nH]2)cc1. The number of rotatable bonds is 10. The second-order valence-corrected chi connectivity index (χ2v) is 9.92. The van der Waals surface area contributed by atoms with Crippen molar-refractivity contribution in [3.8, 4) is 22.5 Å². The Balaban J connectivity index is 1.70. The second-order valence-electron chi connectivity index (χ2n) is 9.45. The van der Waals surface area contributed by atoms with E-state index in [0.29, 0.717) is 35.8 Å². The summed E-state index contributed by atoms with van der Waals surface area (Å²) in [6.07, 6.45) is 3.83. The minimum Gasteiger partial charge on any atom is -0.372 e. The molecular formula is C29H33N5O3S. The Hall–Kier alpha value is -3.85. The van der Waals surface area contributed by atoms with E-state index in [-0.39, 0.29) is 5.56 Å². The molecule has 0 unspecified atom stereocenters. The molecular weight excluding hydrogens is 498 g/mol. The van der Waals surface area contributed by atoms with E-state index in [9.17, 15) is 9.59 Å². The van der Waals surface area contributed by atoms with Crippen molar-refractivity contribution < 1.29 is 4.52 Å². The molecule has 38 heavy (non-hydrogen) atoms. The van der Waals surface area contributed by atoms with Crippen molar-refractivity contribution in [2.45, 2.75) is 52.5 Å². The first-order valence-corrected chi connectivity index (χ1v) is 13.3. The fourth-order valence-electron chi connectivity index (χ4n) is 4.41. The van der Waals surface area contributed by atoms with E-state index in [1.807, 2.05) is 79.0 Å². The number of aromatic amines is 1. The van der Waals surface area contributed by atoms with Crippen molar-refractivity contribution >= 4 is 17.2 Å². The van der Waals surface area contributed by atoms with Crippen LogP contribution in [0, 0.1) is 0 Å². The number of benzene rings is 2. The molecule has 0 saturated heterocycles. The number of aryl methyl sites for hydroxylation is 2. The predicted octanol–water partition coefficient (Wildman–Crippen LogP) is 4.64. The van der Waals surface area contributed by atoms with E-state index in [1.165, 1.54) is 0 Å². The van der Waals surface area contributed by atoms with E-state index < -0.39 is 5.76 Å². The lowest BCUT2D eigenvalue weighted by molar-refractivity contribution is 0.388. The molecule has 0 fully saturated rings. The van der Waals surface area contributed by atoms with Gasteiger partial charge in [0.25, 0.3) is 5.56 Å². The van der Waals surface area contributed by atoms with Crippen molar-refractivity contribution in [2.75, 3.05) is 14.1 Å². The Morgan fingerprint density at radius 3 is 2.37 bits per heavy atom. The van der Waals surface area contributed by atoms with Crippen LogP contribution in [0.25, 0.3) is 22.5 Å². The molecule has 0 aliphatic rings. The molecule has 8 nitrogen and oxygen atoms in total.